The van der Waals surface area contributed by atoms with E-state index < -0.39 is 15.9 Å². The van der Waals surface area contributed by atoms with Crippen molar-refractivity contribution in [1.82, 2.24) is 15.6 Å². The fourth-order valence-electron chi connectivity index (χ4n) is 4.36. The molecule has 1 atom stereocenters. The van der Waals surface area contributed by atoms with Crippen molar-refractivity contribution in [2.75, 3.05) is 17.3 Å². The van der Waals surface area contributed by atoms with Gasteiger partial charge in [0.2, 0.25) is 0 Å². The molecule has 0 spiro atoms. The molecule has 5 N–H and O–H groups in total. The first-order valence-corrected chi connectivity index (χ1v) is 20.0. The Hall–Kier alpha value is -4.13. The number of benzene rings is 3. The van der Waals surface area contributed by atoms with Crippen molar-refractivity contribution in [1.29, 1.82) is 0 Å². The highest BCUT2D eigenvalue weighted by Gasteiger charge is 2.25. The fraction of sp³-hybridized carbons (Fsp3) is 0.324. The highest BCUT2D eigenvalue weighted by molar-refractivity contribution is 8.02. The number of thiazole rings is 1. The van der Waals surface area contributed by atoms with Gasteiger partial charge in [-0.1, -0.05) is 101 Å². The second-order valence-electron chi connectivity index (χ2n) is 10.3. The van der Waals surface area contributed by atoms with Gasteiger partial charge in [0.1, 0.15) is 11.2 Å². The average Bonchev–Trinajstić information content (AvgIpc) is 3.75. The third-order valence-corrected chi connectivity index (χ3v) is 10.3. The third-order valence-electron chi connectivity index (χ3n) is 6.94. The van der Waals surface area contributed by atoms with Crippen LogP contribution >= 0.6 is 23.1 Å². The molecule has 264 valence electrons. The van der Waals surface area contributed by atoms with E-state index in [1.54, 1.807) is 30.8 Å². The standard InChI is InChI=1S/C23H25N5O3S3.C10H12O.2C2H6/c1-3-14-5-4-6-16(11-14)18-13-32-21(26-18)19-20(24)27-23(33-19)28-22(29)25-12-15-7-9-17(10-8-15)34(2,30)31;1-3-9-5-4-6-10(7-9)8(2)11;2*1-2/h4-11,13,21,26H,3,12,24H2,1-2H3,(H2,25,27,28,29);4-7H,3H2,1-2H3;2*1-2H3. The first kappa shape index (κ1) is 41.0. The summed E-state index contributed by atoms with van der Waals surface area (Å²) in [5.74, 6) is 0.513. The van der Waals surface area contributed by atoms with Crippen LogP contribution in [0.25, 0.3) is 5.70 Å². The smallest absolute Gasteiger partial charge is 0.321 e. The molecule has 12 heteroatoms. The predicted molar refractivity (Wildman–Crippen MR) is 208 cm³/mol. The average molecular weight is 724 g/mol. The minimum Gasteiger partial charge on any atom is -0.383 e. The van der Waals surface area contributed by atoms with Crippen LogP contribution in [-0.2, 0) is 29.2 Å². The first-order valence-electron chi connectivity index (χ1n) is 16.4. The molecule has 0 saturated carbocycles. The van der Waals surface area contributed by atoms with Gasteiger partial charge >= 0.3 is 6.03 Å². The van der Waals surface area contributed by atoms with Gasteiger partial charge in [-0.25, -0.2) is 18.2 Å². The summed E-state index contributed by atoms with van der Waals surface area (Å²) in [6.45, 7) is 14.0. The Morgan fingerprint density at radius 2 is 1.51 bits per heavy atom. The van der Waals surface area contributed by atoms with Crippen molar-refractivity contribution in [2.24, 2.45) is 0 Å². The third kappa shape index (κ3) is 12.7. The number of sulfone groups is 1. The molecule has 0 fully saturated rings. The fourth-order valence-corrected chi connectivity index (χ4v) is 7.03. The van der Waals surface area contributed by atoms with Gasteiger partial charge < -0.3 is 16.4 Å². The van der Waals surface area contributed by atoms with E-state index in [4.69, 9.17) is 5.73 Å². The lowest BCUT2D eigenvalue weighted by Gasteiger charge is -2.12. The lowest BCUT2D eigenvalue weighted by atomic mass is 10.1. The number of nitrogens with two attached hydrogens (primary N) is 1. The molecule has 9 nitrogen and oxygen atoms in total. The van der Waals surface area contributed by atoms with E-state index in [-0.39, 0.29) is 22.6 Å². The number of hydrogen-bond acceptors (Lipinski definition) is 9. The Morgan fingerprint density at radius 1 is 0.898 bits per heavy atom. The number of Topliss-reactive ketones (excluding diaryl/α,β-unsaturated/α-hetero) is 1. The van der Waals surface area contributed by atoms with Crippen molar-refractivity contribution in [3.8, 4) is 0 Å². The zero-order chi connectivity index (χ0) is 36.6. The number of nitrogen functional groups attached to an aromatic ring is 1. The van der Waals surface area contributed by atoms with Crippen LogP contribution in [0, 0.1) is 0 Å². The highest BCUT2D eigenvalue weighted by Crippen LogP contribution is 2.43. The largest absolute Gasteiger partial charge is 0.383 e. The molecule has 0 bridgehead atoms. The number of urea groups is 1. The SMILES string of the molecule is CC.CC.CCc1cccc(C(C)=O)c1.CCc1cccc(C2=CSC(c3sc(NC(=O)NCc4ccc(S(C)(=O)=O)cc4)nc3N)N2)c1. The van der Waals surface area contributed by atoms with Gasteiger partial charge in [-0.3, -0.25) is 10.1 Å². The van der Waals surface area contributed by atoms with Crippen LogP contribution in [0.2, 0.25) is 0 Å². The second-order valence-corrected chi connectivity index (χ2v) is 14.4. The minimum atomic E-state index is -3.25. The summed E-state index contributed by atoms with van der Waals surface area (Å²) in [6, 6.07) is 22.1. The number of thioether (sulfide) groups is 1. The molecule has 2 amide bonds. The number of ketones is 1. The molecular formula is C37H49N5O4S3. The number of nitrogens with one attached hydrogen (secondary N) is 3. The van der Waals surface area contributed by atoms with Crippen LogP contribution in [0.15, 0.2) is 83.1 Å². The molecule has 0 saturated heterocycles. The number of aryl methyl sites for hydroxylation is 2. The monoisotopic (exact) mass is 723 g/mol. The topological polar surface area (TPSA) is 143 Å². The van der Waals surface area contributed by atoms with Gasteiger partial charge in [0.15, 0.2) is 20.8 Å². The Bertz CT molecular complexity index is 1800. The number of hydrogen-bond donors (Lipinski definition) is 4. The summed E-state index contributed by atoms with van der Waals surface area (Å²) in [5, 5.41) is 11.3. The van der Waals surface area contributed by atoms with Crippen LogP contribution in [0.5, 0.6) is 0 Å². The van der Waals surface area contributed by atoms with E-state index in [1.807, 2.05) is 52.0 Å². The van der Waals surface area contributed by atoms with Crippen LogP contribution < -0.4 is 21.7 Å². The molecule has 0 radical (unpaired) electrons. The number of amides is 2. The van der Waals surface area contributed by atoms with Crippen LogP contribution in [0.1, 0.15) is 91.3 Å². The minimum absolute atomic E-state index is 0.0789. The van der Waals surface area contributed by atoms with Gasteiger partial charge in [0, 0.05) is 24.1 Å². The predicted octanol–water partition coefficient (Wildman–Crippen LogP) is 8.85. The van der Waals surface area contributed by atoms with E-state index in [0.717, 1.165) is 46.4 Å². The van der Waals surface area contributed by atoms with Crippen molar-refractivity contribution >= 4 is 61.4 Å². The van der Waals surface area contributed by atoms with Crippen LogP contribution in [0.4, 0.5) is 15.7 Å². The van der Waals surface area contributed by atoms with E-state index in [2.05, 4.69) is 64.5 Å². The number of carbonyl (C=O) groups is 2. The summed E-state index contributed by atoms with van der Waals surface area (Å²) in [4.78, 5) is 28.6. The molecule has 1 aromatic heterocycles. The summed E-state index contributed by atoms with van der Waals surface area (Å²) >= 11 is 2.94. The highest BCUT2D eigenvalue weighted by atomic mass is 32.2. The van der Waals surface area contributed by atoms with Crippen LogP contribution in [0.3, 0.4) is 0 Å². The number of aromatic nitrogens is 1. The Kier molecular flexibility index (Phi) is 17.1. The summed E-state index contributed by atoms with van der Waals surface area (Å²) in [5.41, 5.74) is 12.4. The van der Waals surface area contributed by atoms with Crippen LogP contribution in [-0.4, -0.2) is 31.5 Å². The summed E-state index contributed by atoms with van der Waals surface area (Å²) in [7, 11) is -3.25. The van der Waals surface area contributed by atoms with Crippen molar-refractivity contribution < 1.29 is 18.0 Å². The van der Waals surface area contributed by atoms with E-state index in [1.165, 1.54) is 34.6 Å². The lowest BCUT2D eigenvalue weighted by Crippen LogP contribution is -2.28. The number of rotatable bonds is 9. The molecule has 1 aliphatic rings. The normalized spacial score (nSPS) is 13.1. The molecule has 1 aliphatic heterocycles. The van der Waals surface area contributed by atoms with Gasteiger partial charge in [-0.2, -0.15) is 0 Å². The lowest BCUT2D eigenvalue weighted by molar-refractivity contribution is 0.101. The maximum atomic E-state index is 12.3. The van der Waals surface area contributed by atoms with E-state index >= 15 is 0 Å². The summed E-state index contributed by atoms with van der Waals surface area (Å²) in [6.07, 6.45) is 3.12. The van der Waals surface area contributed by atoms with Gasteiger partial charge in [-0.15, -0.1) is 11.8 Å². The van der Waals surface area contributed by atoms with Gasteiger partial charge in [-0.05, 0) is 71.7 Å². The molecule has 2 heterocycles. The zero-order valence-electron chi connectivity index (χ0n) is 29.6. The maximum absolute atomic E-state index is 12.3. The summed E-state index contributed by atoms with van der Waals surface area (Å²) < 4.78 is 23.1. The maximum Gasteiger partial charge on any atom is 0.321 e. The molecular weight excluding hydrogens is 675 g/mol. The quantitative estimate of drug-likeness (QED) is 0.126. The molecule has 49 heavy (non-hydrogen) atoms. The molecule has 3 aromatic carbocycles. The van der Waals surface area contributed by atoms with E-state index in [9.17, 15) is 18.0 Å². The zero-order valence-corrected chi connectivity index (χ0v) is 32.0. The molecule has 1 unspecified atom stereocenters. The number of nitrogens with zero attached hydrogens (tertiary/aromatic N) is 1. The Labute approximate surface area is 300 Å². The Balaban J connectivity index is 0.000000466. The molecule has 4 aromatic rings. The number of carbonyl (C=O) groups excluding carboxylic acids is 2. The van der Waals surface area contributed by atoms with Crippen molar-refractivity contribution in [3.63, 3.8) is 0 Å². The molecule has 0 aliphatic carbocycles. The Morgan fingerprint density at radius 3 is 2.10 bits per heavy atom. The first-order chi connectivity index (χ1) is 23.5. The van der Waals surface area contributed by atoms with Crippen molar-refractivity contribution in [2.45, 2.75) is 78.1 Å². The van der Waals surface area contributed by atoms with Gasteiger partial charge in [0.25, 0.3) is 0 Å². The van der Waals surface area contributed by atoms with E-state index in [0.29, 0.717) is 10.9 Å². The second kappa shape index (κ2) is 20.4. The van der Waals surface area contributed by atoms with Gasteiger partial charge in [0.05, 0.1) is 9.77 Å². The molecule has 5 rings (SSSR count). The number of anilines is 2. The van der Waals surface area contributed by atoms with Crippen molar-refractivity contribution in [3.05, 3.63) is 111 Å².